The Morgan fingerprint density at radius 3 is 2.22 bits per heavy atom. The number of hydrogen-bond acceptors (Lipinski definition) is 5. The topological polar surface area (TPSA) is 96.9 Å². The Morgan fingerprint density at radius 1 is 1.09 bits per heavy atom. The molecule has 0 atom stereocenters. The van der Waals surface area contributed by atoms with Crippen molar-refractivity contribution < 1.29 is 0 Å². The van der Waals surface area contributed by atoms with E-state index in [9.17, 15) is 5.26 Å². The zero-order chi connectivity index (χ0) is 16.4. The van der Waals surface area contributed by atoms with E-state index in [1.807, 2.05) is 43.6 Å². The summed E-state index contributed by atoms with van der Waals surface area (Å²) in [7, 11) is 1.84. The van der Waals surface area contributed by atoms with Gasteiger partial charge in [0.15, 0.2) is 6.19 Å². The van der Waals surface area contributed by atoms with Crippen molar-refractivity contribution in [3.63, 3.8) is 0 Å². The van der Waals surface area contributed by atoms with Crippen LogP contribution < -0.4 is 11.5 Å². The van der Waals surface area contributed by atoms with Gasteiger partial charge in [0.25, 0.3) is 0 Å². The van der Waals surface area contributed by atoms with E-state index in [2.05, 4.69) is 11.3 Å². The number of nitriles is 1. The Hall–Kier alpha value is -3.20. The van der Waals surface area contributed by atoms with Crippen molar-refractivity contribution in [3.8, 4) is 6.19 Å². The van der Waals surface area contributed by atoms with Gasteiger partial charge in [0.2, 0.25) is 0 Å². The molecule has 0 amide bonds. The van der Waals surface area contributed by atoms with Gasteiger partial charge < -0.3 is 16.4 Å². The predicted octanol–water partition coefficient (Wildman–Crippen LogP) is 1.26. The van der Waals surface area contributed by atoms with Crippen LogP contribution in [0.1, 0.15) is 11.1 Å². The van der Waals surface area contributed by atoms with Crippen molar-refractivity contribution in [1.82, 2.24) is 14.7 Å². The Morgan fingerprint density at radius 2 is 1.70 bits per heavy atom. The molecule has 2 aromatic rings. The summed E-state index contributed by atoms with van der Waals surface area (Å²) in [6.07, 6.45) is 5.75. The molecule has 0 unspecified atom stereocenters. The predicted molar refractivity (Wildman–Crippen MR) is 89.1 cm³/mol. The second-order valence-corrected chi connectivity index (χ2v) is 5.51. The van der Waals surface area contributed by atoms with E-state index >= 15 is 0 Å². The molecule has 1 fully saturated rings. The van der Waals surface area contributed by atoms with Crippen LogP contribution in [0.25, 0.3) is 11.4 Å². The van der Waals surface area contributed by atoms with Gasteiger partial charge in [-0.25, -0.2) is 0 Å². The van der Waals surface area contributed by atoms with Gasteiger partial charge in [-0.1, -0.05) is 30.3 Å². The summed E-state index contributed by atoms with van der Waals surface area (Å²) >= 11 is 0. The summed E-state index contributed by atoms with van der Waals surface area (Å²) < 4.78 is 1.70. The minimum absolute atomic E-state index is 0.458. The molecule has 3 rings (SSSR count). The van der Waals surface area contributed by atoms with Crippen molar-refractivity contribution in [1.29, 1.82) is 5.26 Å². The van der Waals surface area contributed by atoms with E-state index in [1.54, 1.807) is 15.8 Å². The summed E-state index contributed by atoms with van der Waals surface area (Å²) in [6, 6.07) is 9.73. The molecule has 6 nitrogen and oxygen atoms in total. The average molecular weight is 306 g/mol. The first-order valence-electron chi connectivity index (χ1n) is 7.27. The molecule has 0 saturated carbocycles. The Kier molecular flexibility index (Phi) is 3.77. The maximum absolute atomic E-state index is 9.24. The third kappa shape index (κ3) is 2.77. The smallest absolute Gasteiger partial charge is 0.179 e. The lowest BCUT2D eigenvalue weighted by Crippen LogP contribution is -2.12. The fraction of sp³-hybridized carbons (Fsp3) is 0.176. The molecule has 1 aromatic carbocycles. The molecule has 0 bridgehead atoms. The lowest BCUT2D eigenvalue weighted by Gasteiger charge is -2.09. The van der Waals surface area contributed by atoms with Crippen molar-refractivity contribution in [3.05, 3.63) is 65.0 Å². The highest BCUT2D eigenvalue weighted by molar-refractivity contribution is 5.79. The summed E-state index contributed by atoms with van der Waals surface area (Å²) in [5.74, 6) is 0. The lowest BCUT2D eigenvalue weighted by atomic mass is 9.99. The van der Waals surface area contributed by atoms with Crippen LogP contribution in [-0.2, 0) is 7.05 Å². The molecule has 0 spiro atoms. The standard InChI is InChI=1S/C17H18N6/c1-22-8-13(7-21-22)17(20)15-10-23(11-18)9-14(15)16(19)12-5-3-2-4-6-12/h2-8H,9-10,19-20H2,1H3/b16-14-,17-15-. The van der Waals surface area contributed by atoms with Gasteiger partial charge in [0.1, 0.15) is 0 Å². The monoisotopic (exact) mass is 306 g/mol. The van der Waals surface area contributed by atoms with Gasteiger partial charge >= 0.3 is 0 Å². The quantitative estimate of drug-likeness (QED) is 0.814. The number of nitrogens with zero attached hydrogens (tertiary/aromatic N) is 4. The number of aryl methyl sites for hydroxylation is 1. The first-order valence-corrected chi connectivity index (χ1v) is 7.27. The summed E-state index contributed by atoms with van der Waals surface area (Å²) in [6.45, 7) is 0.924. The molecule has 6 heteroatoms. The molecular weight excluding hydrogens is 288 g/mol. The maximum atomic E-state index is 9.24. The van der Waals surface area contributed by atoms with Crippen LogP contribution in [0, 0.1) is 11.5 Å². The molecule has 2 heterocycles. The van der Waals surface area contributed by atoms with Crippen LogP contribution in [-0.4, -0.2) is 27.8 Å². The molecule has 116 valence electrons. The molecule has 4 N–H and O–H groups in total. The SMILES string of the molecule is Cn1cc(/C(N)=C2\CN(C#N)C\C2=C(\N)c2ccccc2)cn1. The molecule has 0 radical (unpaired) electrons. The lowest BCUT2D eigenvalue weighted by molar-refractivity contribution is 0.509. The van der Waals surface area contributed by atoms with E-state index in [4.69, 9.17) is 11.5 Å². The highest BCUT2D eigenvalue weighted by Crippen LogP contribution is 2.31. The minimum Gasteiger partial charge on any atom is -0.398 e. The molecule has 1 saturated heterocycles. The van der Waals surface area contributed by atoms with Crippen molar-refractivity contribution >= 4 is 11.4 Å². The van der Waals surface area contributed by atoms with Crippen LogP contribution in [0.4, 0.5) is 0 Å². The first-order chi connectivity index (χ1) is 11.1. The average Bonchev–Trinajstić information content (AvgIpc) is 3.20. The highest BCUT2D eigenvalue weighted by Gasteiger charge is 2.26. The summed E-state index contributed by atoms with van der Waals surface area (Å²) in [5.41, 5.74) is 17.5. The van der Waals surface area contributed by atoms with Crippen molar-refractivity contribution in [2.75, 3.05) is 13.1 Å². The van der Waals surface area contributed by atoms with Crippen molar-refractivity contribution in [2.45, 2.75) is 0 Å². The number of likely N-dealkylation sites (tertiary alicyclic amines) is 1. The van der Waals surface area contributed by atoms with E-state index in [-0.39, 0.29) is 0 Å². The van der Waals surface area contributed by atoms with E-state index in [0.717, 1.165) is 22.3 Å². The van der Waals surface area contributed by atoms with Gasteiger partial charge in [-0.3, -0.25) is 4.68 Å². The number of benzene rings is 1. The summed E-state index contributed by atoms with van der Waals surface area (Å²) in [5, 5.41) is 13.4. The number of nitrogens with two attached hydrogens (primary N) is 2. The molecule has 23 heavy (non-hydrogen) atoms. The second kappa shape index (κ2) is 5.89. The third-order valence-corrected chi connectivity index (χ3v) is 3.95. The largest absolute Gasteiger partial charge is 0.398 e. The molecule has 1 aliphatic heterocycles. The van der Waals surface area contributed by atoms with Crippen LogP contribution in [0.2, 0.25) is 0 Å². The Balaban J connectivity index is 2.12. The number of rotatable bonds is 2. The van der Waals surface area contributed by atoms with E-state index in [1.165, 1.54) is 0 Å². The summed E-state index contributed by atoms with van der Waals surface area (Å²) in [4.78, 5) is 1.64. The normalized spacial score (nSPS) is 18.7. The van der Waals surface area contributed by atoms with Gasteiger partial charge in [0.05, 0.1) is 19.3 Å². The molecular formula is C17H18N6. The van der Waals surface area contributed by atoms with Crippen LogP contribution in [0.3, 0.4) is 0 Å². The zero-order valence-electron chi connectivity index (χ0n) is 12.9. The maximum Gasteiger partial charge on any atom is 0.179 e. The fourth-order valence-electron chi connectivity index (χ4n) is 2.72. The van der Waals surface area contributed by atoms with Crippen molar-refractivity contribution in [2.24, 2.45) is 18.5 Å². The van der Waals surface area contributed by atoms with Gasteiger partial charge in [0, 0.05) is 41.3 Å². The zero-order valence-corrected chi connectivity index (χ0v) is 12.9. The molecule has 1 aromatic heterocycles. The molecule has 0 aliphatic carbocycles. The minimum atomic E-state index is 0.458. The van der Waals surface area contributed by atoms with E-state index in [0.29, 0.717) is 24.5 Å². The van der Waals surface area contributed by atoms with Crippen LogP contribution in [0.15, 0.2) is 53.9 Å². The third-order valence-electron chi connectivity index (χ3n) is 3.95. The van der Waals surface area contributed by atoms with Crippen LogP contribution >= 0.6 is 0 Å². The number of aromatic nitrogens is 2. The highest BCUT2D eigenvalue weighted by atomic mass is 15.2. The van der Waals surface area contributed by atoms with Crippen LogP contribution in [0.5, 0.6) is 0 Å². The van der Waals surface area contributed by atoms with Gasteiger partial charge in [-0.2, -0.15) is 10.4 Å². The molecule has 1 aliphatic rings. The van der Waals surface area contributed by atoms with Gasteiger partial charge in [-0.05, 0) is 5.56 Å². The van der Waals surface area contributed by atoms with Gasteiger partial charge in [-0.15, -0.1) is 0 Å². The fourth-order valence-corrected chi connectivity index (χ4v) is 2.72. The number of hydrogen-bond donors (Lipinski definition) is 2. The first kappa shape index (κ1) is 14.7. The Labute approximate surface area is 134 Å². The van der Waals surface area contributed by atoms with E-state index < -0.39 is 0 Å². The Bertz CT molecular complexity index is 822. The second-order valence-electron chi connectivity index (χ2n) is 5.51.